The molecule has 0 bridgehead atoms. The Balaban J connectivity index is 2.26. The van der Waals surface area contributed by atoms with E-state index < -0.39 is 10.8 Å². The van der Waals surface area contributed by atoms with Crippen molar-refractivity contribution in [1.29, 1.82) is 0 Å². The molecule has 0 spiro atoms. The lowest BCUT2D eigenvalue weighted by atomic mass is 10.2. The molecule has 108 valence electrons. The number of nitrogens with one attached hydrogen (secondary N) is 1. The quantitative estimate of drug-likeness (QED) is 0.465. The van der Waals surface area contributed by atoms with Gasteiger partial charge in [-0.3, -0.25) is 14.9 Å². The number of aryl methyl sites for hydroxylation is 1. The highest BCUT2D eigenvalue weighted by Gasteiger charge is 2.16. The topological polar surface area (TPSA) is 85.1 Å². The number of halogens is 2. The van der Waals surface area contributed by atoms with Crippen LogP contribution < -0.4 is 5.32 Å². The number of rotatable bonds is 3. The van der Waals surface area contributed by atoms with Crippen LogP contribution in [0.1, 0.15) is 15.9 Å². The maximum absolute atomic E-state index is 12.1. The lowest BCUT2D eigenvalue weighted by Gasteiger charge is -2.07. The molecule has 1 amide bonds. The fourth-order valence-corrected chi connectivity index (χ4v) is 2.23. The monoisotopic (exact) mass is 413 g/mol. The minimum Gasteiger partial charge on any atom is -0.321 e. The Bertz CT molecular complexity index is 735. The van der Waals surface area contributed by atoms with E-state index in [0.717, 1.165) is 5.56 Å². The number of anilines is 1. The van der Waals surface area contributed by atoms with Crippen LogP contribution in [0, 0.1) is 17.0 Å². The summed E-state index contributed by atoms with van der Waals surface area (Å²) in [7, 11) is 0. The number of pyridine rings is 1. The molecule has 1 aromatic carbocycles. The molecule has 0 atom stereocenters. The van der Waals surface area contributed by atoms with E-state index in [1.807, 2.05) is 6.92 Å². The zero-order valence-electron chi connectivity index (χ0n) is 10.8. The minimum absolute atomic E-state index is 0.159. The molecule has 0 unspecified atom stereocenters. The number of hydrogen-bond acceptors (Lipinski definition) is 4. The van der Waals surface area contributed by atoms with Crippen molar-refractivity contribution in [3.8, 4) is 0 Å². The second kappa shape index (κ2) is 6.31. The standard InChI is InChI=1S/C13H9Br2N3O3/c1-7-4-9(6-16-12(7)15)17-13(19)8-2-3-10(14)11(5-8)18(20)21/h2-6H,1H3,(H,17,19). The molecule has 0 aliphatic heterocycles. The van der Waals surface area contributed by atoms with Crippen LogP contribution in [0.25, 0.3) is 0 Å². The van der Waals surface area contributed by atoms with E-state index >= 15 is 0 Å². The molecular formula is C13H9Br2N3O3. The Morgan fingerprint density at radius 2 is 2.05 bits per heavy atom. The fraction of sp³-hybridized carbons (Fsp3) is 0.0769. The number of aromatic nitrogens is 1. The number of hydrogen-bond donors (Lipinski definition) is 1. The third-order valence-corrected chi connectivity index (χ3v) is 4.18. The van der Waals surface area contributed by atoms with E-state index in [1.54, 1.807) is 6.07 Å². The third kappa shape index (κ3) is 3.64. The average Bonchev–Trinajstić information content (AvgIpc) is 2.43. The SMILES string of the molecule is Cc1cc(NC(=O)c2ccc(Br)c([N+](=O)[O-])c2)cnc1Br. The van der Waals surface area contributed by atoms with Crippen molar-refractivity contribution in [2.75, 3.05) is 5.32 Å². The van der Waals surface area contributed by atoms with Crippen LogP contribution in [-0.2, 0) is 0 Å². The summed E-state index contributed by atoms with van der Waals surface area (Å²) in [6.45, 7) is 1.84. The summed E-state index contributed by atoms with van der Waals surface area (Å²) in [4.78, 5) is 26.5. The molecule has 1 heterocycles. The zero-order valence-corrected chi connectivity index (χ0v) is 13.9. The van der Waals surface area contributed by atoms with Gasteiger partial charge in [-0.05, 0) is 62.5 Å². The fourth-order valence-electron chi connectivity index (χ4n) is 1.62. The highest BCUT2D eigenvalue weighted by molar-refractivity contribution is 9.10. The molecule has 6 nitrogen and oxygen atoms in total. The lowest BCUT2D eigenvalue weighted by molar-refractivity contribution is -0.385. The maximum atomic E-state index is 12.1. The van der Waals surface area contributed by atoms with E-state index in [2.05, 4.69) is 42.2 Å². The van der Waals surface area contributed by atoms with Crippen LogP contribution in [0.2, 0.25) is 0 Å². The van der Waals surface area contributed by atoms with Crippen LogP contribution in [0.4, 0.5) is 11.4 Å². The summed E-state index contributed by atoms with van der Waals surface area (Å²) in [5, 5.41) is 13.5. The molecule has 0 radical (unpaired) electrons. The maximum Gasteiger partial charge on any atom is 0.284 e. The number of amides is 1. The van der Waals surface area contributed by atoms with E-state index in [9.17, 15) is 14.9 Å². The van der Waals surface area contributed by atoms with Gasteiger partial charge in [0.05, 0.1) is 21.3 Å². The molecule has 2 aromatic rings. The molecule has 0 saturated carbocycles. The predicted molar refractivity (Wildman–Crippen MR) is 85.4 cm³/mol. The first kappa shape index (κ1) is 15.6. The second-order valence-electron chi connectivity index (χ2n) is 4.21. The van der Waals surface area contributed by atoms with Gasteiger partial charge in [0, 0.05) is 11.6 Å². The van der Waals surface area contributed by atoms with Crippen molar-refractivity contribution < 1.29 is 9.72 Å². The number of nitrogens with zero attached hydrogens (tertiary/aromatic N) is 2. The molecule has 1 aromatic heterocycles. The molecular weight excluding hydrogens is 406 g/mol. The number of benzene rings is 1. The van der Waals surface area contributed by atoms with Crippen molar-refractivity contribution >= 4 is 49.1 Å². The summed E-state index contributed by atoms with van der Waals surface area (Å²) in [5.41, 5.74) is 1.43. The molecule has 21 heavy (non-hydrogen) atoms. The summed E-state index contributed by atoms with van der Waals surface area (Å²) in [5.74, 6) is -0.436. The van der Waals surface area contributed by atoms with Crippen LogP contribution in [0.5, 0.6) is 0 Å². The van der Waals surface area contributed by atoms with Gasteiger partial charge in [-0.1, -0.05) is 0 Å². The first-order valence-corrected chi connectivity index (χ1v) is 7.34. The molecule has 8 heteroatoms. The van der Waals surface area contributed by atoms with Crippen molar-refractivity contribution in [2.24, 2.45) is 0 Å². The number of nitro benzene ring substituents is 1. The Kier molecular flexibility index (Phi) is 4.69. The van der Waals surface area contributed by atoms with Gasteiger partial charge in [0.1, 0.15) is 4.60 Å². The average molecular weight is 415 g/mol. The normalized spacial score (nSPS) is 10.2. The third-order valence-electron chi connectivity index (χ3n) is 2.68. The van der Waals surface area contributed by atoms with E-state index in [0.29, 0.717) is 14.8 Å². The van der Waals surface area contributed by atoms with Gasteiger partial charge in [-0.2, -0.15) is 0 Å². The van der Waals surface area contributed by atoms with Gasteiger partial charge >= 0.3 is 0 Å². The lowest BCUT2D eigenvalue weighted by Crippen LogP contribution is -2.12. The first-order chi connectivity index (χ1) is 9.88. The molecule has 1 N–H and O–H groups in total. The highest BCUT2D eigenvalue weighted by atomic mass is 79.9. The van der Waals surface area contributed by atoms with E-state index in [1.165, 1.54) is 24.4 Å². The van der Waals surface area contributed by atoms with Gasteiger partial charge in [0.15, 0.2) is 0 Å². The smallest absolute Gasteiger partial charge is 0.284 e. The Morgan fingerprint density at radius 1 is 1.33 bits per heavy atom. The van der Waals surface area contributed by atoms with Crippen molar-refractivity contribution in [1.82, 2.24) is 4.98 Å². The molecule has 0 aliphatic rings. The van der Waals surface area contributed by atoms with Crippen LogP contribution in [-0.4, -0.2) is 15.8 Å². The summed E-state index contributed by atoms with van der Waals surface area (Å²) in [6, 6.07) is 5.95. The van der Waals surface area contributed by atoms with E-state index in [-0.39, 0.29) is 11.3 Å². The second-order valence-corrected chi connectivity index (χ2v) is 5.81. The molecule has 0 saturated heterocycles. The summed E-state index contributed by atoms with van der Waals surface area (Å²) >= 11 is 6.35. The number of carbonyl (C=O) groups is 1. The van der Waals surface area contributed by atoms with Gasteiger partial charge in [-0.15, -0.1) is 0 Å². The summed E-state index contributed by atoms with van der Waals surface area (Å²) < 4.78 is 1.02. The molecule has 0 aliphatic carbocycles. The largest absolute Gasteiger partial charge is 0.321 e. The van der Waals surface area contributed by atoms with Gasteiger partial charge in [0.2, 0.25) is 0 Å². The Hall–Kier alpha value is -1.80. The molecule has 2 rings (SSSR count). The molecule has 0 fully saturated rings. The van der Waals surface area contributed by atoms with Crippen LogP contribution in [0.15, 0.2) is 39.5 Å². The van der Waals surface area contributed by atoms with Crippen LogP contribution in [0.3, 0.4) is 0 Å². The van der Waals surface area contributed by atoms with Gasteiger partial charge in [0.25, 0.3) is 11.6 Å². The van der Waals surface area contributed by atoms with Crippen molar-refractivity contribution in [3.05, 3.63) is 60.8 Å². The Morgan fingerprint density at radius 3 is 2.67 bits per heavy atom. The minimum atomic E-state index is -0.549. The van der Waals surface area contributed by atoms with Crippen LogP contribution >= 0.6 is 31.9 Å². The number of carbonyl (C=O) groups excluding carboxylic acids is 1. The van der Waals surface area contributed by atoms with Crippen molar-refractivity contribution in [2.45, 2.75) is 6.92 Å². The number of nitro groups is 1. The van der Waals surface area contributed by atoms with Gasteiger partial charge in [-0.25, -0.2) is 4.98 Å². The summed E-state index contributed by atoms with van der Waals surface area (Å²) in [6.07, 6.45) is 1.50. The van der Waals surface area contributed by atoms with Gasteiger partial charge < -0.3 is 5.32 Å². The Labute approximate surface area is 137 Å². The predicted octanol–water partition coefficient (Wildman–Crippen LogP) is 4.08. The van der Waals surface area contributed by atoms with Crippen molar-refractivity contribution in [3.63, 3.8) is 0 Å². The van der Waals surface area contributed by atoms with E-state index in [4.69, 9.17) is 0 Å². The highest BCUT2D eigenvalue weighted by Crippen LogP contribution is 2.26. The first-order valence-electron chi connectivity index (χ1n) is 5.76. The zero-order chi connectivity index (χ0) is 15.6.